The topological polar surface area (TPSA) is 41.1 Å². The van der Waals surface area contributed by atoms with Crippen molar-refractivity contribution in [3.63, 3.8) is 0 Å². The molecule has 1 aromatic rings. The lowest BCUT2D eigenvalue weighted by molar-refractivity contribution is -0.124. The SMILES string of the molecule is CC(NC(C)c1ccc(F)cc1)C(=O)NC(C)(C)C. The molecule has 1 rings (SSSR count). The van der Waals surface area contributed by atoms with Gasteiger partial charge in [-0.2, -0.15) is 0 Å². The molecule has 0 saturated heterocycles. The summed E-state index contributed by atoms with van der Waals surface area (Å²) in [6.07, 6.45) is 0. The number of amides is 1. The van der Waals surface area contributed by atoms with Crippen LogP contribution in [0.4, 0.5) is 4.39 Å². The monoisotopic (exact) mass is 266 g/mol. The average Bonchev–Trinajstić information content (AvgIpc) is 2.27. The molecule has 0 radical (unpaired) electrons. The smallest absolute Gasteiger partial charge is 0.237 e. The van der Waals surface area contributed by atoms with Crippen molar-refractivity contribution >= 4 is 5.91 Å². The number of hydrogen-bond acceptors (Lipinski definition) is 2. The van der Waals surface area contributed by atoms with Crippen molar-refractivity contribution in [1.82, 2.24) is 10.6 Å². The molecule has 0 heterocycles. The van der Waals surface area contributed by atoms with Crippen molar-refractivity contribution in [1.29, 1.82) is 0 Å². The highest BCUT2D eigenvalue weighted by atomic mass is 19.1. The minimum Gasteiger partial charge on any atom is -0.350 e. The normalized spacial score (nSPS) is 14.8. The van der Waals surface area contributed by atoms with Gasteiger partial charge >= 0.3 is 0 Å². The van der Waals surface area contributed by atoms with Gasteiger partial charge in [-0.25, -0.2) is 4.39 Å². The van der Waals surface area contributed by atoms with Crippen LogP contribution in [0.2, 0.25) is 0 Å². The third-order valence-electron chi connectivity index (χ3n) is 2.76. The molecule has 2 atom stereocenters. The zero-order valence-corrected chi connectivity index (χ0v) is 12.3. The lowest BCUT2D eigenvalue weighted by atomic mass is 10.1. The molecule has 0 spiro atoms. The Kier molecular flexibility index (Phi) is 5.06. The van der Waals surface area contributed by atoms with Crippen molar-refractivity contribution in [2.75, 3.05) is 0 Å². The molecular formula is C15H23FN2O. The Morgan fingerprint density at radius 2 is 1.68 bits per heavy atom. The predicted molar refractivity (Wildman–Crippen MR) is 75.3 cm³/mol. The summed E-state index contributed by atoms with van der Waals surface area (Å²) in [6.45, 7) is 9.61. The standard InChI is InChI=1S/C15H23FN2O/c1-10(12-6-8-13(16)9-7-12)17-11(2)14(19)18-15(3,4)5/h6-11,17H,1-5H3,(H,18,19). The minimum atomic E-state index is -0.306. The molecule has 3 nitrogen and oxygen atoms in total. The average molecular weight is 266 g/mol. The molecule has 106 valence electrons. The molecule has 2 N–H and O–H groups in total. The van der Waals surface area contributed by atoms with E-state index in [0.29, 0.717) is 0 Å². The van der Waals surface area contributed by atoms with Crippen LogP contribution in [0.15, 0.2) is 24.3 Å². The van der Waals surface area contributed by atoms with Crippen LogP contribution >= 0.6 is 0 Å². The predicted octanol–water partition coefficient (Wildman–Crippen LogP) is 2.78. The molecular weight excluding hydrogens is 243 g/mol. The van der Waals surface area contributed by atoms with Gasteiger partial charge in [0.25, 0.3) is 0 Å². The van der Waals surface area contributed by atoms with Gasteiger partial charge in [-0.15, -0.1) is 0 Å². The highest BCUT2D eigenvalue weighted by Crippen LogP contribution is 2.13. The Hall–Kier alpha value is -1.42. The number of hydrogen-bond donors (Lipinski definition) is 2. The van der Waals surface area contributed by atoms with Gasteiger partial charge in [0.15, 0.2) is 0 Å². The Labute approximate surface area is 114 Å². The third kappa shape index (κ3) is 5.39. The second kappa shape index (κ2) is 6.15. The second-order valence-corrected chi connectivity index (χ2v) is 5.90. The number of benzene rings is 1. The van der Waals surface area contributed by atoms with Gasteiger partial charge in [0.2, 0.25) is 5.91 Å². The first-order valence-electron chi connectivity index (χ1n) is 6.52. The summed E-state index contributed by atoms with van der Waals surface area (Å²) in [7, 11) is 0. The van der Waals surface area contributed by atoms with E-state index in [-0.39, 0.29) is 29.3 Å². The van der Waals surface area contributed by atoms with Crippen molar-refractivity contribution in [2.45, 2.75) is 52.2 Å². The zero-order chi connectivity index (χ0) is 14.6. The number of nitrogens with one attached hydrogen (secondary N) is 2. The highest BCUT2D eigenvalue weighted by Gasteiger charge is 2.20. The van der Waals surface area contributed by atoms with E-state index in [2.05, 4.69) is 10.6 Å². The number of rotatable bonds is 4. The van der Waals surface area contributed by atoms with Gasteiger partial charge in [-0.1, -0.05) is 12.1 Å². The van der Waals surface area contributed by atoms with Crippen molar-refractivity contribution in [3.05, 3.63) is 35.6 Å². The lowest BCUT2D eigenvalue weighted by Crippen LogP contribution is -2.49. The van der Waals surface area contributed by atoms with E-state index >= 15 is 0 Å². The van der Waals surface area contributed by atoms with Gasteiger partial charge in [-0.05, 0) is 52.3 Å². The quantitative estimate of drug-likeness (QED) is 0.880. The van der Waals surface area contributed by atoms with Crippen LogP contribution in [0.1, 0.15) is 46.2 Å². The molecule has 0 aliphatic carbocycles. The minimum absolute atomic E-state index is 0.0127. The van der Waals surface area contributed by atoms with Crippen LogP contribution < -0.4 is 10.6 Å². The van der Waals surface area contributed by atoms with E-state index in [9.17, 15) is 9.18 Å². The molecule has 0 bridgehead atoms. The maximum atomic E-state index is 12.8. The first-order valence-corrected chi connectivity index (χ1v) is 6.52. The summed E-state index contributed by atoms with van der Waals surface area (Å²) in [6, 6.07) is 5.98. The van der Waals surface area contributed by atoms with Crippen LogP contribution in [-0.2, 0) is 4.79 Å². The Morgan fingerprint density at radius 3 is 2.16 bits per heavy atom. The largest absolute Gasteiger partial charge is 0.350 e. The van der Waals surface area contributed by atoms with Crippen LogP contribution in [-0.4, -0.2) is 17.5 Å². The van der Waals surface area contributed by atoms with E-state index in [0.717, 1.165) is 5.56 Å². The van der Waals surface area contributed by atoms with Gasteiger partial charge in [-0.3, -0.25) is 10.1 Å². The molecule has 1 aromatic carbocycles. The first-order chi connectivity index (χ1) is 8.69. The Bertz CT molecular complexity index is 423. The van der Waals surface area contributed by atoms with Gasteiger partial charge in [0, 0.05) is 11.6 Å². The molecule has 0 aliphatic heterocycles. The lowest BCUT2D eigenvalue weighted by Gasteiger charge is -2.25. The van der Waals surface area contributed by atoms with Crippen LogP contribution in [0.5, 0.6) is 0 Å². The van der Waals surface area contributed by atoms with Gasteiger partial charge in [0.1, 0.15) is 5.82 Å². The Balaban J connectivity index is 2.59. The summed E-state index contributed by atoms with van der Waals surface area (Å²) >= 11 is 0. The molecule has 0 fully saturated rings. The summed E-state index contributed by atoms with van der Waals surface area (Å²) < 4.78 is 12.8. The number of carbonyl (C=O) groups is 1. The molecule has 4 heteroatoms. The summed E-state index contributed by atoms with van der Waals surface area (Å²) in [5.41, 5.74) is 0.711. The fourth-order valence-electron chi connectivity index (χ4n) is 1.78. The molecule has 2 unspecified atom stereocenters. The van der Waals surface area contributed by atoms with Gasteiger partial charge < -0.3 is 5.32 Å². The second-order valence-electron chi connectivity index (χ2n) is 5.90. The van der Waals surface area contributed by atoms with Gasteiger partial charge in [0.05, 0.1) is 6.04 Å². The highest BCUT2D eigenvalue weighted by molar-refractivity contribution is 5.81. The van der Waals surface area contributed by atoms with E-state index < -0.39 is 0 Å². The number of halogens is 1. The van der Waals surface area contributed by atoms with Crippen molar-refractivity contribution in [3.8, 4) is 0 Å². The fourth-order valence-corrected chi connectivity index (χ4v) is 1.78. The maximum Gasteiger partial charge on any atom is 0.237 e. The summed E-state index contributed by atoms with van der Waals surface area (Å²) in [5.74, 6) is -0.295. The van der Waals surface area contributed by atoms with E-state index in [1.54, 1.807) is 12.1 Å². The molecule has 0 aromatic heterocycles. The first kappa shape index (κ1) is 15.6. The van der Waals surface area contributed by atoms with E-state index in [4.69, 9.17) is 0 Å². The zero-order valence-electron chi connectivity index (χ0n) is 12.3. The molecule has 0 saturated carbocycles. The van der Waals surface area contributed by atoms with Crippen molar-refractivity contribution < 1.29 is 9.18 Å². The molecule has 0 aliphatic rings. The number of carbonyl (C=O) groups excluding carboxylic acids is 1. The Morgan fingerprint density at radius 1 is 1.16 bits per heavy atom. The van der Waals surface area contributed by atoms with Crippen LogP contribution in [0, 0.1) is 5.82 Å². The maximum absolute atomic E-state index is 12.8. The van der Waals surface area contributed by atoms with Crippen LogP contribution in [0.3, 0.4) is 0 Å². The van der Waals surface area contributed by atoms with Crippen molar-refractivity contribution in [2.24, 2.45) is 0 Å². The fraction of sp³-hybridized carbons (Fsp3) is 0.533. The molecule has 1 amide bonds. The van der Waals surface area contributed by atoms with Crippen LogP contribution in [0.25, 0.3) is 0 Å². The molecule has 19 heavy (non-hydrogen) atoms. The van der Waals surface area contributed by atoms with E-state index in [1.807, 2.05) is 34.6 Å². The summed E-state index contributed by atoms with van der Waals surface area (Å²) in [4.78, 5) is 11.9. The summed E-state index contributed by atoms with van der Waals surface area (Å²) in [5, 5.41) is 6.13. The third-order valence-corrected chi connectivity index (χ3v) is 2.76. The van der Waals surface area contributed by atoms with E-state index in [1.165, 1.54) is 12.1 Å².